The first-order valence-corrected chi connectivity index (χ1v) is 14.9. The topological polar surface area (TPSA) is 106 Å². The standard InChI is InChI=1S/C33H29Cl2N3O5S/c1-20(31(39)37-26-17-23(34)16-24(35)18-26)44-27-13-8-12-25(19-27)36-33(41)28(38-32(40)21-9-5-4-6-10-21)15-22-11-7-14-29(42-2)30(22)43-3/h4-20H,1-3H3,(H,36,41)(H,37,39)(H,38,40)/b28-15+. The molecule has 226 valence electrons. The van der Waals surface area contributed by atoms with Gasteiger partial charge in [-0.25, -0.2) is 0 Å². The molecule has 0 radical (unpaired) electrons. The van der Waals surface area contributed by atoms with E-state index in [4.69, 9.17) is 32.7 Å². The number of nitrogens with one attached hydrogen (secondary N) is 3. The molecule has 4 rings (SSSR count). The van der Waals surface area contributed by atoms with Crippen LogP contribution in [0.1, 0.15) is 22.8 Å². The summed E-state index contributed by atoms with van der Waals surface area (Å²) in [6.07, 6.45) is 1.52. The van der Waals surface area contributed by atoms with Crippen molar-refractivity contribution in [1.82, 2.24) is 5.32 Å². The number of carbonyl (C=O) groups excluding carboxylic acids is 3. The minimum absolute atomic E-state index is 0.0172. The van der Waals surface area contributed by atoms with Crippen LogP contribution in [0.25, 0.3) is 6.08 Å². The van der Waals surface area contributed by atoms with Gasteiger partial charge in [-0.05, 0) is 67.6 Å². The highest BCUT2D eigenvalue weighted by molar-refractivity contribution is 8.00. The van der Waals surface area contributed by atoms with Crippen LogP contribution in [0.4, 0.5) is 11.4 Å². The van der Waals surface area contributed by atoms with Crippen molar-refractivity contribution in [2.24, 2.45) is 0 Å². The van der Waals surface area contributed by atoms with Crippen LogP contribution in [0.5, 0.6) is 11.5 Å². The highest BCUT2D eigenvalue weighted by Gasteiger charge is 2.19. The lowest BCUT2D eigenvalue weighted by Gasteiger charge is -2.15. The minimum Gasteiger partial charge on any atom is -0.493 e. The molecule has 3 N–H and O–H groups in total. The largest absolute Gasteiger partial charge is 0.493 e. The molecular weight excluding hydrogens is 621 g/mol. The van der Waals surface area contributed by atoms with Crippen LogP contribution in [0.3, 0.4) is 0 Å². The Morgan fingerprint density at radius 1 is 0.795 bits per heavy atom. The number of methoxy groups -OCH3 is 2. The van der Waals surface area contributed by atoms with Crippen LogP contribution >= 0.6 is 35.0 Å². The summed E-state index contributed by atoms with van der Waals surface area (Å²) in [5.41, 5.74) is 1.85. The SMILES string of the molecule is COc1cccc(/C=C(/NC(=O)c2ccccc2)C(=O)Nc2cccc(SC(C)C(=O)Nc3cc(Cl)cc(Cl)c3)c2)c1OC. The first-order valence-electron chi connectivity index (χ1n) is 13.3. The van der Waals surface area contributed by atoms with Crippen molar-refractivity contribution in [3.05, 3.63) is 118 Å². The van der Waals surface area contributed by atoms with Crippen molar-refractivity contribution < 1.29 is 23.9 Å². The molecule has 11 heteroatoms. The third-order valence-electron chi connectivity index (χ3n) is 6.17. The van der Waals surface area contributed by atoms with E-state index in [9.17, 15) is 14.4 Å². The van der Waals surface area contributed by atoms with Gasteiger partial charge in [0.05, 0.1) is 19.5 Å². The van der Waals surface area contributed by atoms with E-state index in [1.807, 2.05) is 6.07 Å². The molecule has 1 unspecified atom stereocenters. The van der Waals surface area contributed by atoms with Crippen LogP contribution in [-0.4, -0.2) is 37.2 Å². The highest BCUT2D eigenvalue weighted by atomic mass is 35.5. The van der Waals surface area contributed by atoms with Gasteiger partial charge < -0.3 is 25.4 Å². The summed E-state index contributed by atoms with van der Waals surface area (Å²) < 4.78 is 10.9. The van der Waals surface area contributed by atoms with E-state index in [0.29, 0.717) is 44.0 Å². The van der Waals surface area contributed by atoms with Crippen LogP contribution in [-0.2, 0) is 9.59 Å². The molecule has 0 aromatic heterocycles. The summed E-state index contributed by atoms with van der Waals surface area (Å²) in [7, 11) is 3.00. The number of carbonyl (C=O) groups is 3. The smallest absolute Gasteiger partial charge is 0.272 e. The van der Waals surface area contributed by atoms with Crippen molar-refractivity contribution in [3.63, 3.8) is 0 Å². The number of thioether (sulfide) groups is 1. The zero-order valence-corrected chi connectivity index (χ0v) is 26.3. The van der Waals surface area contributed by atoms with E-state index in [1.165, 1.54) is 32.1 Å². The van der Waals surface area contributed by atoms with E-state index in [1.54, 1.807) is 91.9 Å². The quantitative estimate of drug-likeness (QED) is 0.114. The molecule has 44 heavy (non-hydrogen) atoms. The Morgan fingerprint density at radius 2 is 1.50 bits per heavy atom. The van der Waals surface area contributed by atoms with Crippen LogP contribution in [0, 0.1) is 0 Å². The number of rotatable bonds is 11. The van der Waals surface area contributed by atoms with E-state index >= 15 is 0 Å². The van der Waals surface area contributed by atoms with Crippen molar-refractivity contribution in [2.75, 3.05) is 24.9 Å². The lowest BCUT2D eigenvalue weighted by atomic mass is 10.1. The predicted molar refractivity (Wildman–Crippen MR) is 177 cm³/mol. The fraction of sp³-hybridized carbons (Fsp3) is 0.121. The molecule has 0 heterocycles. The molecule has 4 aromatic carbocycles. The summed E-state index contributed by atoms with van der Waals surface area (Å²) >= 11 is 13.4. The molecule has 0 aliphatic heterocycles. The van der Waals surface area contributed by atoms with Gasteiger partial charge in [-0.3, -0.25) is 14.4 Å². The van der Waals surface area contributed by atoms with Gasteiger partial charge in [0, 0.05) is 37.4 Å². The fourth-order valence-corrected chi connectivity index (χ4v) is 5.55. The maximum Gasteiger partial charge on any atom is 0.272 e. The zero-order chi connectivity index (χ0) is 31.6. The molecule has 0 spiro atoms. The molecule has 0 saturated heterocycles. The zero-order valence-electron chi connectivity index (χ0n) is 24.0. The van der Waals surface area contributed by atoms with Crippen molar-refractivity contribution >= 4 is 70.1 Å². The lowest BCUT2D eigenvalue weighted by Crippen LogP contribution is -2.30. The summed E-state index contributed by atoms with van der Waals surface area (Å²) in [6, 6.07) is 25.6. The van der Waals surface area contributed by atoms with Crippen LogP contribution < -0.4 is 25.4 Å². The van der Waals surface area contributed by atoms with Gasteiger partial charge in [0.25, 0.3) is 11.8 Å². The maximum absolute atomic E-state index is 13.6. The van der Waals surface area contributed by atoms with Gasteiger partial charge in [0.15, 0.2) is 11.5 Å². The molecule has 0 aliphatic rings. The molecule has 3 amide bonds. The summed E-state index contributed by atoms with van der Waals surface area (Å²) in [5.74, 6) is -0.399. The molecule has 8 nitrogen and oxygen atoms in total. The molecular formula is C33H29Cl2N3O5S. The average molecular weight is 651 g/mol. The van der Waals surface area contributed by atoms with Gasteiger partial charge in [-0.15, -0.1) is 11.8 Å². The summed E-state index contributed by atoms with van der Waals surface area (Å²) in [6.45, 7) is 1.76. The lowest BCUT2D eigenvalue weighted by molar-refractivity contribution is -0.115. The van der Waals surface area contributed by atoms with Crippen molar-refractivity contribution in [3.8, 4) is 11.5 Å². The number of hydrogen-bond donors (Lipinski definition) is 3. The molecule has 4 aromatic rings. The Morgan fingerprint density at radius 3 is 2.18 bits per heavy atom. The van der Waals surface area contributed by atoms with Crippen molar-refractivity contribution in [2.45, 2.75) is 17.1 Å². The third-order valence-corrected chi connectivity index (χ3v) is 7.70. The maximum atomic E-state index is 13.6. The van der Waals surface area contributed by atoms with Gasteiger partial charge in [-0.2, -0.15) is 0 Å². The van der Waals surface area contributed by atoms with Gasteiger partial charge in [-0.1, -0.05) is 59.6 Å². The summed E-state index contributed by atoms with van der Waals surface area (Å²) in [4.78, 5) is 40.2. The second kappa shape index (κ2) is 15.3. The normalized spacial score (nSPS) is 11.7. The second-order valence-electron chi connectivity index (χ2n) is 9.35. The highest BCUT2D eigenvalue weighted by Crippen LogP contribution is 2.32. The first kappa shape index (κ1) is 32.5. The number of halogens is 2. The summed E-state index contributed by atoms with van der Waals surface area (Å²) in [5, 5.41) is 8.71. The molecule has 0 bridgehead atoms. The van der Waals surface area contributed by atoms with E-state index in [2.05, 4.69) is 16.0 Å². The van der Waals surface area contributed by atoms with E-state index < -0.39 is 17.1 Å². The average Bonchev–Trinajstić information content (AvgIpc) is 3.00. The van der Waals surface area contributed by atoms with Gasteiger partial charge in [0.1, 0.15) is 5.70 Å². The van der Waals surface area contributed by atoms with Crippen LogP contribution in [0.2, 0.25) is 10.0 Å². The monoisotopic (exact) mass is 649 g/mol. The van der Waals surface area contributed by atoms with E-state index in [0.717, 1.165) is 4.90 Å². The Balaban J connectivity index is 1.54. The molecule has 0 fully saturated rings. The number of anilines is 2. The molecule has 1 atom stereocenters. The molecule has 0 aliphatic carbocycles. The third kappa shape index (κ3) is 8.79. The van der Waals surface area contributed by atoms with Gasteiger partial charge >= 0.3 is 0 Å². The van der Waals surface area contributed by atoms with E-state index in [-0.39, 0.29) is 11.6 Å². The van der Waals surface area contributed by atoms with Gasteiger partial charge in [0.2, 0.25) is 5.91 Å². The number of benzene rings is 4. The van der Waals surface area contributed by atoms with Crippen LogP contribution in [0.15, 0.2) is 102 Å². The number of hydrogen-bond acceptors (Lipinski definition) is 6. The predicted octanol–water partition coefficient (Wildman–Crippen LogP) is 7.54. The Kier molecular flexibility index (Phi) is 11.3. The minimum atomic E-state index is -0.565. The number of amides is 3. The second-order valence-corrected chi connectivity index (χ2v) is 11.6. The number of para-hydroxylation sites is 1. The fourth-order valence-electron chi connectivity index (χ4n) is 4.10. The molecule has 0 saturated carbocycles. The Labute approximate surface area is 269 Å². The van der Waals surface area contributed by atoms with Crippen molar-refractivity contribution in [1.29, 1.82) is 0 Å². The number of ether oxygens (including phenoxy) is 2. The Hall–Kier alpha value is -4.44. The Bertz CT molecular complexity index is 1680. The first-order chi connectivity index (χ1) is 21.2.